The highest BCUT2D eigenvalue weighted by molar-refractivity contribution is 5.84. The lowest BCUT2D eigenvalue weighted by molar-refractivity contribution is -0.137. The summed E-state index contributed by atoms with van der Waals surface area (Å²) in [5.41, 5.74) is 1.07. The first-order valence-corrected chi connectivity index (χ1v) is 12.1. The topological polar surface area (TPSA) is 115 Å². The van der Waals surface area contributed by atoms with Crippen LogP contribution in [0.15, 0.2) is 4.79 Å². The van der Waals surface area contributed by atoms with Crippen molar-refractivity contribution in [2.45, 2.75) is 58.8 Å². The van der Waals surface area contributed by atoms with Crippen LogP contribution in [0.25, 0.3) is 0 Å². The zero-order valence-corrected chi connectivity index (χ0v) is 19.5. The molecule has 9 nitrogen and oxygen atoms in total. The average Bonchev–Trinajstić information content (AvgIpc) is 3.33. The van der Waals surface area contributed by atoms with Crippen molar-refractivity contribution in [2.75, 3.05) is 32.7 Å². The van der Waals surface area contributed by atoms with E-state index < -0.39 is 0 Å². The van der Waals surface area contributed by atoms with Gasteiger partial charge in [-0.15, -0.1) is 0 Å². The third-order valence-electron chi connectivity index (χ3n) is 8.62. The van der Waals surface area contributed by atoms with E-state index in [-0.39, 0.29) is 40.0 Å². The third kappa shape index (κ3) is 3.65. The molecule has 4 aliphatic rings. The molecule has 5 rings (SSSR count). The first kappa shape index (κ1) is 22.1. The van der Waals surface area contributed by atoms with E-state index in [1.807, 2.05) is 16.7 Å². The van der Waals surface area contributed by atoms with E-state index in [0.717, 1.165) is 19.3 Å². The number of likely N-dealkylation sites (tertiary alicyclic amines) is 2. The zero-order valence-electron chi connectivity index (χ0n) is 19.5. The molecule has 2 N–H and O–H groups in total. The summed E-state index contributed by atoms with van der Waals surface area (Å²) in [7, 11) is 0. The smallest absolute Gasteiger partial charge is 0.254 e. The van der Waals surface area contributed by atoms with Crippen LogP contribution in [-0.2, 0) is 20.8 Å². The molecule has 9 heteroatoms. The van der Waals surface area contributed by atoms with Crippen LogP contribution in [-0.4, -0.2) is 70.2 Å². The first-order chi connectivity index (χ1) is 15.7. The van der Waals surface area contributed by atoms with Gasteiger partial charge in [-0.1, -0.05) is 6.42 Å². The summed E-state index contributed by atoms with van der Waals surface area (Å²) < 4.78 is 0. The molecule has 4 fully saturated rings. The van der Waals surface area contributed by atoms with Gasteiger partial charge in [-0.3, -0.25) is 19.2 Å². The highest BCUT2D eigenvalue weighted by Crippen LogP contribution is 2.62. The SMILES string of the molecule is Cc1nc(C)c(CCC(=O)N2CC34CCCC3(C2)CN(C(=O)C2CCC(=O)NC2)C4)c(=O)[nH]1. The predicted molar refractivity (Wildman–Crippen MR) is 120 cm³/mol. The molecular weight excluding hydrogens is 422 g/mol. The van der Waals surface area contributed by atoms with Gasteiger partial charge in [0, 0.05) is 67.7 Å². The third-order valence-corrected chi connectivity index (χ3v) is 8.62. The first-order valence-electron chi connectivity index (χ1n) is 12.1. The van der Waals surface area contributed by atoms with Crippen LogP contribution in [0.1, 0.15) is 55.6 Å². The second kappa shape index (κ2) is 7.95. The second-order valence-electron chi connectivity index (χ2n) is 10.6. The van der Waals surface area contributed by atoms with Gasteiger partial charge in [0.25, 0.3) is 5.56 Å². The number of amides is 3. The van der Waals surface area contributed by atoms with Crippen molar-refractivity contribution in [1.82, 2.24) is 25.1 Å². The standard InChI is InChI=1S/C24H33N5O4/c1-15-18(21(32)27-16(2)26-15)5-7-20(31)28-11-23-8-3-9-24(23,12-28)14-29(13-23)22(33)17-4-6-19(30)25-10-17/h17H,3-14H2,1-2H3,(H,25,30)(H,26,27,32). The van der Waals surface area contributed by atoms with Crippen molar-refractivity contribution in [3.05, 3.63) is 27.4 Å². The van der Waals surface area contributed by atoms with Gasteiger partial charge in [-0.2, -0.15) is 0 Å². The number of nitrogens with zero attached hydrogens (tertiary/aromatic N) is 3. The molecule has 3 saturated heterocycles. The molecule has 0 aromatic carbocycles. The van der Waals surface area contributed by atoms with E-state index in [0.29, 0.717) is 75.5 Å². The molecule has 1 aliphatic carbocycles. The quantitative estimate of drug-likeness (QED) is 0.693. The largest absolute Gasteiger partial charge is 0.355 e. The van der Waals surface area contributed by atoms with Gasteiger partial charge in [0.1, 0.15) is 5.82 Å². The Kier molecular flexibility index (Phi) is 5.33. The minimum Gasteiger partial charge on any atom is -0.355 e. The average molecular weight is 456 g/mol. The van der Waals surface area contributed by atoms with Gasteiger partial charge in [0.2, 0.25) is 17.7 Å². The maximum Gasteiger partial charge on any atom is 0.254 e. The van der Waals surface area contributed by atoms with Crippen molar-refractivity contribution in [3.8, 4) is 0 Å². The number of nitrogens with one attached hydrogen (secondary N) is 2. The zero-order chi connectivity index (χ0) is 23.4. The van der Waals surface area contributed by atoms with Gasteiger partial charge >= 0.3 is 0 Å². The number of hydrogen-bond donors (Lipinski definition) is 2. The minimum atomic E-state index is -0.159. The van der Waals surface area contributed by atoms with Crippen molar-refractivity contribution in [2.24, 2.45) is 16.7 Å². The van der Waals surface area contributed by atoms with Crippen molar-refractivity contribution < 1.29 is 14.4 Å². The molecule has 1 aromatic rings. The lowest BCUT2D eigenvalue weighted by Gasteiger charge is -2.31. The predicted octanol–water partition coefficient (Wildman–Crippen LogP) is 0.687. The molecule has 3 amide bonds. The highest BCUT2D eigenvalue weighted by Gasteiger charge is 2.66. The van der Waals surface area contributed by atoms with Crippen molar-refractivity contribution >= 4 is 17.7 Å². The maximum absolute atomic E-state index is 13.2. The summed E-state index contributed by atoms with van der Waals surface area (Å²) in [6.45, 7) is 6.81. The van der Waals surface area contributed by atoms with Crippen LogP contribution in [0.3, 0.4) is 0 Å². The molecule has 3 atom stereocenters. The van der Waals surface area contributed by atoms with Crippen molar-refractivity contribution in [3.63, 3.8) is 0 Å². The lowest BCUT2D eigenvalue weighted by atomic mass is 9.71. The number of H-pyrrole nitrogens is 1. The van der Waals surface area contributed by atoms with Gasteiger partial charge in [0.15, 0.2) is 0 Å². The molecule has 0 spiro atoms. The number of aromatic nitrogens is 2. The van der Waals surface area contributed by atoms with Gasteiger partial charge in [-0.25, -0.2) is 4.98 Å². The molecule has 178 valence electrons. The summed E-state index contributed by atoms with van der Waals surface area (Å²) in [6.07, 6.45) is 4.96. The Morgan fingerprint density at radius 2 is 1.73 bits per heavy atom. The molecule has 3 unspecified atom stereocenters. The van der Waals surface area contributed by atoms with E-state index in [4.69, 9.17) is 0 Å². The van der Waals surface area contributed by atoms with Crippen LogP contribution in [0.5, 0.6) is 0 Å². The van der Waals surface area contributed by atoms with Gasteiger partial charge < -0.3 is 20.1 Å². The Bertz CT molecular complexity index is 1040. The lowest BCUT2D eigenvalue weighted by Crippen LogP contribution is -2.46. The number of rotatable bonds is 4. The van der Waals surface area contributed by atoms with Crippen LogP contribution < -0.4 is 10.9 Å². The van der Waals surface area contributed by atoms with Crippen LogP contribution in [0.2, 0.25) is 0 Å². The summed E-state index contributed by atoms with van der Waals surface area (Å²) in [5.74, 6) is 0.721. The molecule has 3 aliphatic heterocycles. The number of carbonyl (C=O) groups is 3. The Balaban J connectivity index is 1.24. The fourth-order valence-corrected chi connectivity index (χ4v) is 6.93. The highest BCUT2D eigenvalue weighted by atomic mass is 16.2. The monoisotopic (exact) mass is 455 g/mol. The molecule has 4 heterocycles. The fraction of sp³-hybridized carbons (Fsp3) is 0.708. The molecule has 1 aromatic heterocycles. The normalized spacial score (nSPS) is 30.8. The second-order valence-corrected chi connectivity index (χ2v) is 10.6. The minimum absolute atomic E-state index is 0.0188. The van der Waals surface area contributed by atoms with E-state index >= 15 is 0 Å². The summed E-state index contributed by atoms with van der Waals surface area (Å²) in [4.78, 5) is 61.1. The fourth-order valence-electron chi connectivity index (χ4n) is 6.93. The molecule has 1 saturated carbocycles. The summed E-state index contributed by atoms with van der Waals surface area (Å²) in [6, 6.07) is 0. The molecule has 0 radical (unpaired) electrons. The van der Waals surface area contributed by atoms with E-state index in [1.54, 1.807) is 6.92 Å². The molecular formula is C24H33N5O4. The summed E-state index contributed by atoms with van der Waals surface area (Å²) >= 11 is 0. The van der Waals surface area contributed by atoms with E-state index in [2.05, 4.69) is 15.3 Å². The number of carbonyl (C=O) groups excluding carboxylic acids is 3. The van der Waals surface area contributed by atoms with Crippen LogP contribution in [0.4, 0.5) is 0 Å². The van der Waals surface area contributed by atoms with Crippen LogP contribution in [0, 0.1) is 30.6 Å². The Morgan fingerprint density at radius 1 is 1.06 bits per heavy atom. The number of hydrogen-bond acceptors (Lipinski definition) is 5. The molecule has 0 bridgehead atoms. The van der Waals surface area contributed by atoms with Gasteiger partial charge in [-0.05, 0) is 39.5 Å². The Morgan fingerprint density at radius 3 is 2.33 bits per heavy atom. The number of aromatic amines is 1. The number of piperidine rings is 1. The maximum atomic E-state index is 13.2. The Labute approximate surface area is 193 Å². The molecule has 33 heavy (non-hydrogen) atoms. The summed E-state index contributed by atoms with van der Waals surface area (Å²) in [5, 5.41) is 2.83. The van der Waals surface area contributed by atoms with Gasteiger partial charge in [0.05, 0.1) is 5.92 Å². The van der Waals surface area contributed by atoms with E-state index in [1.165, 1.54) is 0 Å². The van der Waals surface area contributed by atoms with E-state index in [9.17, 15) is 19.2 Å². The Hall–Kier alpha value is -2.71. The number of aryl methyl sites for hydroxylation is 2. The van der Waals surface area contributed by atoms with Crippen molar-refractivity contribution in [1.29, 1.82) is 0 Å². The van der Waals surface area contributed by atoms with Crippen LogP contribution >= 0.6 is 0 Å².